The first-order valence-corrected chi connectivity index (χ1v) is 6.32. The summed E-state index contributed by atoms with van der Waals surface area (Å²) in [5.74, 6) is 0.850. The molecule has 0 spiro atoms. The van der Waals surface area contributed by atoms with Crippen molar-refractivity contribution in [1.82, 2.24) is 0 Å². The average molecular weight is 251 g/mol. The van der Waals surface area contributed by atoms with Gasteiger partial charge in [0.2, 0.25) is 0 Å². The largest absolute Gasteiger partial charge is 0.0925 e. The van der Waals surface area contributed by atoms with Crippen molar-refractivity contribution in [3.63, 3.8) is 0 Å². The van der Waals surface area contributed by atoms with E-state index >= 15 is 0 Å². The highest BCUT2D eigenvalue weighted by atomic mass is 79.9. The predicted molar refractivity (Wildman–Crippen MR) is 65.6 cm³/mol. The second-order valence-electron chi connectivity index (χ2n) is 3.89. The van der Waals surface area contributed by atoms with Crippen LogP contribution in [0.4, 0.5) is 0 Å². The van der Waals surface area contributed by atoms with E-state index in [-0.39, 0.29) is 0 Å². The summed E-state index contributed by atoms with van der Waals surface area (Å²) >= 11 is 3.56. The highest BCUT2D eigenvalue weighted by molar-refractivity contribution is 9.09. The second kappa shape index (κ2) is 4.79. The van der Waals surface area contributed by atoms with Crippen molar-refractivity contribution < 1.29 is 0 Å². The molecule has 0 bridgehead atoms. The van der Waals surface area contributed by atoms with Crippen LogP contribution < -0.4 is 0 Å². The Morgan fingerprint density at radius 2 is 2.00 bits per heavy atom. The number of halogens is 1. The topological polar surface area (TPSA) is 0 Å². The number of hydrogen-bond acceptors (Lipinski definition) is 0. The molecule has 0 nitrogen and oxygen atoms in total. The summed E-state index contributed by atoms with van der Waals surface area (Å²) in [4.78, 5) is 0. The van der Waals surface area contributed by atoms with Gasteiger partial charge in [-0.05, 0) is 36.3 Å². The summed E-state index contributed by atoms with van der Waals surface area (Å²) < 4.78 is 0. The van der Waals surface area contributed by atoms with Crippen molar-refractivity contribution in [3.8, 4) is 0 Å². The zero-order valence-electron chi connectivity index (χ0n) is 8.25. The third-order valence-corrected chi connectivity index (χ3v) is 3.80. The van der Waals surface area contributed by atoms with Crippen molar-refractivity contribution in [2.45, 2.75) is 19.3 Å². The van der Waals surface area contributed by atoms with Gasteiger partial charge >= 0.3 is 0 Å². The molecular weight excluding hydrogens is 236 g/mol. The van der Waals surface area contributed by atoms with Crippen LogP contribution in [0, 0.1) is 5.92 Å². The number of hydrogen-bond donors (Lipinski definition) is 0. The molecule has 0 radical (unpaired) electrons. The summed E-state index contributed by atoms with van der Waals surface area (Å²) in [7, 11) is 0. The van der Waals surface area contributed by atoms with Gasteiger partial charge in [0.05, 0.1) is 0 Å². The van der Waals surface area contributed by atoms with E-state index in [0.717, 1.165) is 11.2 Å². The highest BCUT2D eigenvalue weighted by Gasteiger charge is 2.13. The summed E-state index contributed by atoms with van der Waals surface area (Å²) in [6, 6.07) is 10.7. The number of rotatable bonds is 2. The molecular formula is C13H15Br. The Hall–Kier alpha value is -0.560. The monoisotopic (exact) mass is 250 g/mol. The molecule has 1 atom stereocenters. The maximum absolute atomic E-state index is 3.56. The quantitative estimate of drug-likeness (QED) is 0.689. The minimum atomic E-state index is 0.850. The molecule has 0 fully saturated rings. The van der Waals surface area contributed by atoms with Crippen LogP contribution in [0.3, 0.4) is 0 Å². The van der Waals surface area contributed by atoms with E-state index in [1.807, 2.05) is 0 Å². The molecule has 0 saturated carbocycles. The maximum atomic E-state index is 3.56. The van der Waals surface area contributed by atoms with Crippen LogP contribution in [0.5, 0.6) is 0 Å². The zero-order chi connectivity index (χ0) is 9.80. The summed E-state index contributed by atoms with van der Waals surface area (Å²) in [5.41, 5.74) is 2.93. The lowest BCUT2D eigenvalue weighted by molar-refractivity contribution is 0.546. The van der Waals surface area contributed by atoms with Gasteiger partial charge in [-0.3, -0.25) is 0 Å². The molecule has 1 unspecified atom stereocenters. The van der Waals surface area contributed by atoms with Crippen LogP contribution in [0.15, 0.2) is 36.4 Å². The van der Waals surface area contributed by atoms with Crippen LogP contribution in [0.25, 0.3) is 5.57 Å². The van der Waals surface area contributed by atoms with Crippen LogP contribution in [-0.2, 0) is 0 Å². The van der Waals surface area contributed by atoms with E-state index < -0.39 is 0 Å². The Bertz CT molecular complexity index is 313. The van der Waals surface area contributed by atoms with Crippen molar-refractivity contribution in [1.29, 1.82) is 0 Å². The normalized spacial score (nSPS) is 21.8. The van der Waals surface area contributed by atoms with Crippen LogP contribution in [-0.4, -0.2) is 5.33 Å². The lowest BCUT2D eigenvalue weighted by Gasteiger charge is -2.20. The molecule has 0 N–H and O–H groups in total. The Morgan fingerprint density at radius 1 is 1.21 bits per heavy atom. The van der Waals surface area contributed by atoms with Gasteiger partial charge < -0.3 is 0 Å². The minimum Gasteiger partial charge on any atom is -0.0925 e. The number of allylic oxidation sites excluding steroid dienone is 2. The van der Waals surface area contributed by atoms with Gasteiger partial charge in [-0.2, -0.15) is 0 Å². The lowest BCUT2D eigenvalue weighted by atomic mass is 9.88. The maximum Gasteiger partial charge on any atom is 0.00627 e. The van der Waals surface area contributed by atoms with Crippen molar-refractivity contribution in [2.24, 2.45) is 5.92 Å². The van der Waals surface area contributed by atoms with Crippen molar-refractivity contribution >= 4 is 21.5 Å². The van der Waals surface area contributed by atoms with Crippen LogP contribution in [0.2, 0.25) is 0 Å². The van der Waals surface area contributed by atoms with E-state index in [2.05, 4.69) is 52.3 Å². The van der Waals surface area contributed by atoms with Gasteiger partial charge in [0.1, 0.15) is 0 Å². The molecule has 1 heteroatoms. The van der Waals surface area contributed by atoms with E-state index in [1.54, 1.807) is 0 Å². The fourth-order valence-corrected chi connectivity index (χ4v) is 2.53. The molecule has 1 aliphatic carbocycles. The van der Waals surface area contributed by atoms with Gasteiger partial charge in [0.15, 0.2) is 0 Å². The van der Waals surface area contributed by atoms with Gasteiger partial charge in [-0.15, -0.1) is 0 Å². The third kappa shape index (κ3) is 2.27. The van der Waals surface area contributed by atoms with Crippen molar-refractivity contribution in [3.05, 3.63) is 42.0 Å². The molecule has 0 aromatic heterocycles. The predicted octanol–water partition coefficient (Wildman–Crippen LogP) is 4.27. The van der Waals surface area contributed by atoms with Gasteiger partial charge in [0.25, 0.3) is 0 Å². The molecule has 14 heavy (non-hydrogen) atoms. The molecule has 1 aliphatic rings. The molecule has 74 valence electrons. The summed E-state index contributed by atoms with van der Waals surface area (Å²) in [5, 5.41) is 1.14. The highest BCUT2D eigenvalue weighted by Crippen LogP contribution is 2.30. The van der Waals surface area contributed by atoms with E-state index in [4.69, 9.17) is 0 Å². The van der Waals surface area contributed by atoms with Gasteiger partial charge in [-0.1, -0.05) is 52.3 Å². The van der Waals surface area contributed by atoms with Gasteiger partial charge in [0, 0.05) is 5.33 Å². The van der Waals surface area contributed by atoms with E-state index in [0.29, 0.717) is 0 Å². The van der Waals surface area contributed by atoms with Crippen molar-refractivity contribution in [2.75, 3.05) is 5.33 Å². The smallest absolute Gasteiger partial charge is 0.00627 e. The molecule has 0 heterocycles. The zero-order valence-corrected chi connectivity index (χ0v) is 9.83. The summed E-state index contributed by atoms with van der Waals surface area (Å²) in [6.45, 7) is 0. The van der Waals surface area contributed by atoms with Crippen LogP contribution >= 0.6 is 15.9 Å². The fraction of sp³-hybridized carbons (Fsp3) is 0.385. The molecule has 0 amide bonds. The molecule has 2 rings (SSSR count). The third-order valence-electron chi connectivity index (χ3n) is 2.88. The molecule has 1 aromatic carbocycles. The lowest BCUT2D eigenvalue weighted by Crippen LogP contribution is -2.06. The minimum absolute atomic E-state index is 0.850. The fourth-order valence-electron chi connectivity index (χ4n) is 1.94. The van der Waals surface area contributed by atoms with E-state index in [9.17, 15) is 0 Å². The standard InChI is InChI=1S/C13H15Br/c14-10-11-6-8-13(9-7-11)12-4-2-1-3-5-12/h1-5,8,11H,6-7,9-10H2. The molecule has 0 saturated heterocycles. The van der Waals surface area contributed by atoms with Gasteiger partial charge in [-0.25, -0.2) is 0 Å². The molecule has 1 aromatic rings. The number of benzene rings is 1. The van der Waals surface area contributed by atoms with E-state index in [1.165, 1.54) is 30.4 Å². The average Bonchev–Trinajstić information content (AvgIpc) is 2.30. The van der Waals surface area contributed by atoms with Crippen LogP contribution in [0.1, 0.15) is 24.8 Å². The molecule has 0 aliphatic heterocycles. The second-order valence-corrected chi connectivity index (χ2v) is 4.54. The Balaban J connectivity index is 2.11. The Labute approximate surface area is 94.2 Å². The first kappa shape index (κ1) is 9.97. The Kier molecular flexibility index (Phi) is 3.41. The Morgan fingerprint density at radius 3 is 2.57 bits per heavy atom. The first-order chi connectivity index (χ1) is 6.90. The number of alkyl halides is 1. The summed E-state index contributed by atoms with van der Waals surface area (Å²) in [6.07, 6.45) is 6.20. The first-order valence-electron chi connectivity index (χ1n) is 5.20. The SMILES string of the molecule is BrCC1CC=C(c2ccccc2)CC1.